The van der Waals surface area contributed by atoms with Crippen LogP contribution in [0.3, 0.4) is 0 Å². The Labute approximate surface area is 183 Å². The molecule has 1 atom stereocenters. The van der Waals surface area contributed by atoms with Crippen molar-refractivity contribution in [3.05, 3.63) is 58.8 Å². The second kappa shape index (κ2) is 9.82. The zero-order valence-electron chi connectivity index (χ0n) is 16.6. The third-order valence-corrected chi connectivity index (χ3v) is 5.71. The highest BCUT2D eigenvalue weighted by atomic mass is 35.5. The molecular formula is C20H22ClN5O3S. The van der Waals surface area contributed by atoms with E-state index in [2.05, 4.69) is 15.5 Å². The number of halogens is 1. The van der Waals surface area contributed by atoms with E-state index in [1.54, 1.807) is 31.4 Å². The highest BCUT2D eigenvalue weighted by Gasteiger charge is 2.21. The van der Waals surface area contributed by atoms with Crippen molar-refractivity contribution in [2.24, 2.45) is 5.73 Å². The maximum Gasteiger partial charge on any atom is 0.237 e. The number of hydrogen-bond donors (Lipinski definition) is 2. The molecule has 0 saturated carbocycles. The van der Waals surface area contributed by atoms with Gasteiger partial charge in [0, 0.05) is 23.6 Å². The van der Waals surface area contributed by atoms with Crippen molar-refractivity contribution in [2.45, 2.75) is 43.6 Å². The second-order valence-electron chi connectivity index (χ2n) is 6.74. The smallest absolute Gasteiger partial charge is 0.237 e. The van der Waals surface area contributed by atoms with Gasteiger partial charge in [0.15, 0.2) is 5.16 Å². The van der Waals surface area contributed by atoms with E-state index in [9.17, 15) is 9.59 Å². The molecule has 2 heterocycles. The van der Waals surface area contributed by atoms with Crippen LogP contribution in [-0.2, 0) is 22.6 Å². The van der Waals surface area contributed by atoms with Crippen LogP contribution in [0.4, 0.5) is 5.69 Å². The van der Waals surface area contributed by atoms with Crippen molar-refractivity contribution >= 4 is 40.9 Å². The fourth-order valence-corrected chi connectivity index (χ4v) is 3.76. The standard InChI is InChI=1S/C20H22ClN5O3S/c1-12-5-6-14(21)10-16(12)23-19(28)13(2)30-20-25-24-18(8-7-17(22)27)26(20)11-15-4-3-9-29-15/h3-6,9-10,13H,7-8,11H2,1-2H3,(H2,22,27)(H,23,28). The number of benzene rings is 1. The molecule has 158 valence electrons. The topological polar surface area (TPSA) is 116 Å². The Morgan fingerprint density at radius 3 is 2.83 bits per heavy atom. The van der Waals surface area contributed by atoms with Gasteiger partial charge in [-0.2, -0.15) is 0 Å². The number of nitrogens with one attached hydrogen (secondary N) is 1. The molecule has 10 heteroatoms. The lowest BCUT2D eigenvalue weighted by atomic mass is 10.2. The molecule has 1 unspecified atom stereocenters. The number of thioether (sulfide) groups is 1. The van der Waals surface area contributed by atoms with Crippen LogP contribution in [-0.4, -0.2) is 31.8 Å². The van der Waals surface area contributed by atoms with Gasteiger partial charge in [-0.1, -0.05) is 29.4 Å². The maximum absolute atomic E-state index is 12.7. The van der Waals surface area contributed by atoms with Crippen LogP contribution in [0.2, 0.25) is 5.02 Å². The summed E-state index contributed by atoms with van der Waals surface area (Å²) in [5.74, 6) is 0.715. The van der Waals surface area contributed by atoms with Gasteiger partial charge in [-0.05, 0) is 43.7 Å². The Hall–Kier alpha value is -2.78. The minimum absolute atomic E-state index is 0.158. The zero-order chi connectivity index (χ0) is 21.7. The Morgan fingerprint density at radius 1 is 1.33 bits per heavy atom. The van der Waals surface area contributed by atoms with Gasteiger partial charge in [-0.3, -0.25) is 14.2 Å². The summed E-state index contributed by atoms with van der Waals surface area (Å²) in [4.78, 5) is 23.9. The first kappa shape index (κ1) is 21.9. The number of carbonyl (C=O) groups excluding carboxylic acids is 2. The molecule has 1 aromatic carbocycles. The summed E-state index contributed by atoms with van der Waals surface area (Å²) in [6, 6.07) is 8.97. The molecule has 3 N–H and O–H groups in total. The van der Waals surface area contributed by atoms with Gasteiger partial charge in [0.2, 0.25) is 11.8 Å². The average Bonchev–Trinajstić information content (AvgIpc) is 3.34. The van der Waals surface area contributed by atoms with E-state index in [0.29, 0.717) is 40.4 Å². The van der Waals surface area contributed by atoms with Gasteiger partial charge < -0.3 is 15.5 Å². The Bertz CT molecular complexity index is 1040. The molecule has 0 bridgehead atoms. The number of aryl methyl sites for hydroxylation is 2. The quantitative estimate of drug-likeness (QED) is 0.485. The number of primary amides is 1. The molecule has 0 aliphatic carbocycles. The highest BCUT2D eigenvalue weighted by molar-refractivity contribution is 8.00. The predicted octanol–water partition coefficient (Wildman–Crippen LogP) is 3.42. The van der Waals surface area contributed by atoms with Crippen LogP contribution in [0.5, 0.6) is 0 Å². The van der Waals surface area contributed by atoms with E-state index >= 15 is 0 Å². The van der Waals surface area contributed by atoms with Crippen molar-refractivity contribution in [2.75, 3.05) is 5.32 Å². The summed E-state index contributed by atoms with van der Waals surface area (Å²) in [5.41, 5.74) is 6.85. The SMILES string of the molecule is Cc1ccc(Cl)cc1NC(=O)C(C)Sc1nnc(CCC(N)=O)n1Cc1ccco1. The van der Waals surface area contributed by atoms with E-state index in [-0.39, 0.29) is 12.3 Å². The summed E-state index contributed by atoms with van der Waals surface area (Å²) in [5, 5.41) is 12.0. The fourth-order valence-electron chi connectivity index (χ4n) is 2.72. The largest absolute Gasteiger partial charge is 0.467 e. The number of amides is 2. The number of rotatable bonds is 9. The number of aromatic nitrogens is 3. The minimum atomic E-state index is -0.452. The van der Waals surface area contributed by atoms with Crippen molar-refractivity contribution in [3.63, 3.8) is 0 Å². The number of anilines is 1. The van der Waals surface area contributed by atoms with Gasteiger partial charge in [0.1, 0.15) is 11.6 Å². The van der Waals surface area contributed by atoms with E-state index in [1.165, 1.54) is 11.8 Å². The normalized spacial score (nSPS) is 12.0. The number of furan rings is 1. The predicted molar refractivity (Wildman–Crippen MR) is 115 cm³/mol. The van der Waals surface area contributed by atoms with E-state index in [4.69, 9.17) is 21.8 Å². The Kier molecular flexibility index (Phi) is 7.17. The number of carbonyl (C=O) groups is 2. The highest BCUT2D eigenvalue weighted by Crippen LogP contribution is 2.26. The molecule has 0 spiro atoms. The van der Waals surface area contributed by atoms with Gasteiger partial charge in [-0.15, -0.1) is 10.2 Å². The molecule has 0 aliphatic rings. The van der Waals surface area contributed by atoms with Gasteiger partial charge in [0.25, 0.3) is 0 Å². The summed E-state index contributed by atoms with van der Waals surface area (Å²) < 4.78 is 7.26. The first-order chi connectivity index (χ1) is 14.3. The van der Waals surface area contributed by atoms with Gasteiger partial charge in [0.05, 0.1) is 18.1 Å². The zero-order valence-corrected chi connectivity index (χ0v) is 18.2. The van der Waals surface area contributed by atoms with Crippen molar-refractivity contribution in [3.8, 4) is 0 Å². The molecule has 3 aromatic rings. The lowest BCUT2D eigenvalue weighted by Gasteiger charge is -2.14. The van der Waals surface area contributed by atoms with Crippen molar-refractivity contribution in [1.29, 1.82) is 0 Å². The molecular weight excluding hydrogens is 426 g/mol. The maximum atomic E-state index is 12.7. The lowest BCUT2D eigenvalue weighted by Crippen LogP contribution is -2.23. The van der Waals surface area contributed by atoms with E-state index in [1.807, 2.05) is 23.6 Å². The van der Waals surface area contributed by atoms with Gasteiger partial charge in [-0.25, -0.2) is 0 Å². The van der Waals surface area contributed by atoms with Crippen LogP contribution in [0, 0.1) is 6.92 Å². The molecule has 0 saturated heterocycles. The van der Waals surface area contributed by atoms with Crippen LogP contribution < -0.4 is 11.1 Å². The van der Waals surface area contributed by atoms with Crippen molar-refractivity contribution < 1.29 is 14.0 Å². The fraction of sp³-hybridized carbons (Fsp3) is 0.300. The van der Waals surface area contributed by atoms with Crippen LogP contribution in [0.15, 0.2) is 46.2 Å². The lowest BCUT2D eigenvalue weighted by molar-refractivity contribution is -0.118. The van der Waals surface area contributed by atoms with Gasteiger partial charge >= 0.3 is 0 Å². The molecule has 8 nitrogen and oxygen atoms in total. The second-order valence-corrected chi connectivity index (χ2v) is 8.48. The Morgan fingerprint density at radius 2 is 2.13 bits per heavy atom. The average molecular weight is 448 g/mol. The molecule has 30 heavy (non-hydrogen) atoms. The van der Waals surface area contributed by atoms with E-state index < -0.39 is 11.2 Å². The van der Waals surface area contributed by atoms with Crippen LogP contribution in [0.1, 0.15) is 30.5 Å². The molecule has 0 radical (unpaired) electrons. The molecule has 3 rings (SSSR count). The third kappa shape index (κ3) is 5.64. The molecule has 2 aromatic heterocycles. The first-order valence-corrected chi connectivity index (χ1v) is 10.6. The summed E-state index contributed by atoms with van der Waals surface area (Å²) in [7, 11) is 0. The Balaban J connectivity index is 1.76. The third-order valence-electron chi connectivity index (χ3n) is 4.39. The van der Waals surface area contributed by atoms with Crippen LogP contribution >= 0.6 is 23.4 Å². The minimum Gasteiger partial charge on any atom is -0.467 e. The number of nitrogens with two attached hydrogens (primary N) is 1. The summed E-state index contributed by atoms with van der Waals surface area (Å²) in [6.45, 7) is 4.07. The number of hydrogen-bond acceptors (Lipinski definition) is 6. The molecule has 0 fully saturated rings. The van der Waals surface area contributed by atoms with Crippen molar-refractivity contribution in [1.82, 2.24) is 14.8 Å². The monoisotopic (exact) mass is 447 g/mol. The first-order valence-electron chi connectivity index (χ1n) is 9.30. The van der Waals surface area contributed by atoms with Crippen LogP contribution in [0.25, 0.3) is 0 Å². The molecule has 2 amide bonds. The summed E-state index contributed by atoms with van der Waals surface area (Å²) in [6.07, 6.45) is 2.09. The molecule has 0 aliphatic heterocycles. The van der Waals surface area contributed by atoms with E-state index in [0.717, 1.165) is 5.56 Å². The number of nitrogens with zero attached hydrogens (tertiary/aromatic N) is 3. The summed E-state index contributed by atoms with van der Waals surface area (Å²) >= 11 is 7.30.